The summed E-state index contributed by atoms with van der Waals surface area (Å²) in [4.78, 5) is 3.72. The fourth-order valence-electron chi connectivity index (χ4n) is 1.98. The second kappa shape index (κ2) is 8.58. The number of guanidine groups is 1. The summed E-state index contributed by atoms with van der Waals surface area (Å²) >= 11 is 0. The third kappa shape index (κ3) is 6.86. The Kier molecular flexibility index (Phi) is 7.03. The van der Waals surface area contributed by atoms with Crippen LogP contribution in [0.1, 0.15) is 32.6 Å². The van der Waals surface area contributed by atoms with Crippen LogP contribution >= 0.6 is 0 Å². The Morgan fingerprint density at radius 2 is 2.32 bits per heavy atom. The molecule has 2 aliphatic heterocycles. The molecule has 5 nitrogen and oxygen atoms in total. The van der Waals surface area contributed by atoms with Crippen LogP contribution in [0, 0.1) is 0 Å². The van der Waals surface area contributed by atoms with Crippen molar-refractivity contribution in [3.8, 4) is 0 Å². The molecule has 0 aromatic rings. The Balaban J connectivity index is 0.000000224. The molecule has 2 atom stereocenters. The monoisotopic (exact) mass is 266 g/mol. The zero-order valence-electron chi connectivity index (χ0n) is 11.8. The Morgan fingerprint density at radius 1 is 1.58 bits per heavy atom. The van der Waals surface area contributed by atoms with Crippen molar-refractivity contribution in [2.45, 2.75) is 44.8 Å². The summed E-state index contributed by atoms with van der Waals surface area (Å²) in [5.41, 5.74) is 11.3. The summed E-state index contributed by atoms with van der Waals surface area (Å²) in [6.07, 6.45) is 9.08. The fourth-order valence-corrected chi connectivity index (χ4v) is 1.98. The van der Waals surface area contributed by atoms with Gasteiger partial charge in [-0.2, -0.15) is 0 Å². The Labute approximate surface area is 115 Å². The van der Waals surface area contributed by atoms with Crippen LogP contribution in [0.2, 0.25) is 0 Å². The maximum absolute atomic E-state index is 5.26. The van der Waals surface area contributed by atoms with Gasteiger partial charge < -0.3 is 21.5 Å². The van der Waals surface area contributed by atoms with E-state index in [1.165, 1.54) is 18.5 Å². The van der Waals surface area contributed by atoms with Crippen LogP contribution in [-0.4, -0.2) is 31.3 Å². The normalized spacial score (nSPS) is 26.7. The summed E-state index contributed by atoms with van der Waals surface area (Å²) in [6, 6.07) is 0.560. The Morgan fingerprint density at radius 3 is 2.79 bits per heavy atom. The van der Waals surface area contributed by atoms with Crippen LogP contribution in [0.4, 0.5) is 0 Å². The van der Waals surface area contributed by atoms with Crippen LogP contribution in [0.25, 0.3) is 0 Å². The minimum Gasteiger partial charge on any atom is -0.383 e. The molecule has 0 saturated carbocycles. The molecule has 5 heteroatoms. The standard InChI is InChI=1S/C10H15NO.C4H11N3/c1-2-4-8-5-3-6-9(11-8)10-7-12-10;1-2-3-7-4(5)6/h2,4,9-11H,1,3,5-7H2;2-3H2,1H3,(H4,5,6,7)/b8-4+;. The van der Waals surface area contributed by atoms with Gasteiger partial charge >= 0.3 is 0 Å². The smallest absolute Gasteiger partial charge is 0.185 e. The predicted octanol–water partition coefficient (Wildman–Crippen LogP) is 1.27. The van der Waals surface area contributed by atoms with E-state index in [0.29, 0.717) is 12.1 Å². The van der Waals surface area contributed by atoms with E-state index >= 15 is 0 Å². The van der Waals surface area contributed by atoms with Gasteiger partial charge in [0.2, 0.25) is 0 Å². The van der Waals surface area contributed by atoms with E-state index in [-0.39, 0.29) is 5.96 Å². The molecule has 0 amide bonds. The molecule has 0 aliphatic carbocycles. The second-order valence-electron chi connectivity index (χ2n) is 4.75. The molecule has 0 spiro atoms. The maximum atomic E-state index is 5.26. The van der Waals surface area contributed by atoms with Gasteiger partial charge in [-0.1, -0.05) is 19.6 Å². The van der Waals surface area contributed by atoms with Crippen LogP contribution < -0.4 is 16.8 Å². The number of hydrogen-bond donors (Lipinski definition) is 3. The van der Waals surface area contributed by atoms with Gasteiger partial charge in [0, 0.05) is 12.2 Å². The highest BCUT2D eigenvalue weighted by molar-refractivity contribution is 5.75. The lowest BCUT2D eigenvalue weighted by atomic mass is 10.00. The number of hydrogen-bond acceptors (Lipinski definition) is 3. The number of nitrogens with one attached hydrogen (secondary N) is 1. The molecule has 2 aliphatic rings. The fraction of sp³-hybridized carbons (Fsp3) is 0.643. The molecule has 5 N–H and O–H groups in total. The third-order valence-corrected chi connectivity index (χ3v) is 2.98. The van der Waals surface area contributed by atoms with Gasteiger partial charge in [-0.05, 0) is 31.8 Å². The highest BCUT2D eigenvalue weighted by Gasteiger charge is 2.34. The van der Waals surface area contributed by atoms with Gasteiger partial charge in [0.1, 0.15) is 6.10 Å². The molecule has 2 unspecified atom stereocenters. The minimum atomic E-state index is 0.182. The molecule has 2 heterocycles. The average Bonchev–Trinajstić information content (AvgIpc) is 3.22. The first-order chi connectivity index (χ1) is 9.17. The number of aliphatic imine (C=N–C) groups is 1. The first-order valence-corrected chi connectivity index (χ1v) is 6.92. The molecule has 0 aromatic heterocycles. The molecular formula is C14H26N4O. The molecule has 2 rings (SSSR count). The lowest BCUT2D eigenvalue weighted by Gasteiger charge is -2.25. The van der Waals surface area contributed by atoms with E-state index in [0.717, 1.165) is 26.0 Å². The third-order valence-electron chi connectivity index (χ3n) is 2.98. The van der Waals surface area contributed by atoms with E-state index in [4.69, 9.17) is 16.2 Å². The second-order valence-corrected chi connectivity index (χ2v) is 4.75. The lowest BCUT2D eigenvalue weighted by Crippen LogP contribution is -2.36. The van der Waals surface area contributed by atoms with Crippen LogP contribution in [0.15, 0.2) is 29.4 Å². The predicted molar refractivity (Wildman–Crippen MR) is 79.8 cm³/mol. The first kappa shape index (κ1) is 15.6. The summed E-state index contributed by atoms with van der Waals surface area (Å²) < 4.78 is 5.26. The number of piperidine rings is 1. The number of nitrogens with zero attached hydrogens (tertiary/aromatic N) is 1. The van der Waals surface area contributed by atoms with Gasteiger partial charge in [0.15, 0.2) is 5.96 Å². The van der Waals surface area contributed by atoms with Crippen molar-refractivity contribution in [2.75, 3.05) is 13.2 Å². The first-order valence-electron chi connectivity index (χ1n) is 6.92. The van der Waals surface area contributed by atoms with Crippen molar-refractivity contribution < 1.29 is 4.74 Å². The zero-order chi connectivity index (χ0) is 14.1. The molecular weight excluding hydrogens is 240 g/mol. The van der Waals surface area contributed by atoms with Crippen LogP contribution in [0.3, 0.4) is 0 Å². The van der Waals surface area contributed by atoms with E-state index in [1.807, 2.05) is 13.0 Å². The van der Waals surface area contributed by atoms with Gasteiger partial charge in [0.05, 0.1) is 12.6 Å². The Bertz CT molecular complexity index is 330. The number of epoxide rings is 1. The minimum absolute atomic E-state index is 0.182. The van der Waals surface area contributed by atoms with Gasteiger partial charge in [0.25, 0.3) is 0 Å². The summed E-state index contributed by atoms with van der Waals surface area (Å²) in [5, 5.41) is 3.48. The van der Waals surface area contributed by atoms with Crippen molar-refractivity contribution in [3.63, 3.8) is 0 Å². The van der Waals surface area contributed by atoms with Gasteiger partial charge in [-0.15, -0.1) is 0 Å². The van der Waals surface area contributed by atoms with Crippen LogP contribution in [-0.2, 0) is 4.74 Å². The molecule has 19 heavy (non-hydrogen) atoms. The van der Waals surface area contributed by atoms with E-state index < -0.39 is 0 Å². The van der Waals surface area contributed by atoms with E-state index in [9.17, 15) is 0 Å². The molecule has 2 saturated heterocycles. The summed E-state index contributed by atoms with van der Waals surface area (Å²) in [7, 11) is 0. The van der Waals surface area contributed by atoms with Gasteiger partial charge in [-0.3, -0.25) is 4.99 Å². The average molecular weight is 266 g/mol. The van der Waals surface area contributed by atoms with Gasteiger partial charge in [-0.25, -0.2) is 0 Å². The topological polar surface area (TPSA) is 89.0 Å². The molecule has 2 fully saturated rings. The highest BCUT2D eigenvalue weighted by atomic mass is 16.6. The number of nitrogens with two attached hydrogens (primary N) is 2. The van der Waals surface area contributed by atoms with Crippen molar-refractivity contribution in [1.82, 2.24) is 5.32 Å². The summed E-state index contributed by atoms with van der Waals surface area (Å²) in [6.45, 7) is 7.39. The summed E-state index contributed by atoms with van der Waals surface area (Å²) in [5.74, 6) is 0.182. The van der Waals surface area contributed by atoms with Crippen molar-refractivity contribution in [3.05, 3.63) is 24.4 Å². The quantitative estimate of drug-likeness (QED) is 0.406. The lowest BCUT2D eigenvalue weighted by molar-refractivity contribution is 0.321. The molecule has 0 bridgehead atoms. The molecule has 0 aromatic carbocycles. The van der Waals surface area contributed by atoms with Crippen molar-refractivity contribution in [2.24, 2.45) is 16.5 Å². The molecule has 108 valence electrons. The molecule has 0 radical (unpaired) electrons. The number of allylic oxidation sites excluding steroid dienone is 3. The number of rotatable bonds is 4. The van der Waals surface area contributed by atoms with Crippen molar-refractivity contribution >= 4 is 5.96 Å². The van der Waals surface area contributed by atoms with E-state index in [2.05, 4.69) is 23.0 Å². The highest BCUT2D eigenvalue weighted by Crippen LogP contribution is 2.24. The van der Waals surface area contributed by atoms with Crippen LogP contribution in [0.5, 0.6) is 0 Å². The largest absolute Gasteiger partial charge is 0.383 e. The zero-order valence-corrected chi connectivity index (χ0v) is 11.8. The maximum Gasteiger partial charge on any atom is 0.185 e. The van der Waals surface area contributed by atoms with Crippen molar-refractivity contribution in [1.29, 1.82) is 0 Å². The Hall–Kier alpha value is -1.49. The van der Waals surface area contributed by atoms with E-state index in [1.54, 1.807) is 0 Å². The number of ether oxygens (including phenoxy) is 1. The SMILES string of the molecule is C=C/C=C1\CCCC(C2CO2)N1.CCCN=C(N)N.